The fourth-order valence-corrected chi connectivity index (χ4v) is 3.98. The number of amides is 1. The Hall–Kier alpha value is -2.33. The van der Waals surface area contributed by atoms with E-state index in [0.29, 0.717) is 18.8 Å². The van der Waals surface area contributed by atoms with Gasteiger partial charge in [-0.1, -0.05) is 12.5 Å². The highest BCUT2D eigenvalue weighted by atomic mass is 32.2. The van der Waals surface area contributed by atoms with E-state index in [9.17, 15) is 13.2 Å². The second-order valence-corrected chi connectivity index (χ2v) is 7.90. The van der Waals surface area contributed by atoms with E-state index in [4.69, 9.17) is 0 Å². The lowest BCUT2D eigenvalue weighted by atomic mass is 10.0. The second-order valence-electron chi connectivity index (χ2n) is 5.97. The number of hydrogen-bond donors (Lipinski definition) is 1. The van der Waals surface area contributed by atoms with E-state index in [0.717, 1.165) is 24.7 Å². The quantitative estimate of drug-likeness (QED) is 0.805. The van der Waals surface area contributed by atoms with Gasteiger partial charge < -0.3 is 5.32 Å². The van der Waals surface area contributed by atoms with Crippen LogP contribution in [0.3, 0.4) is 0 Å². The predicted molar refractivity (Wildman–Crippen MR) is 90.2 cm³/mol. The van der Waals surface area contributed by atoms with E-state index in [1.54, 1.807) is 18.6 Å². The molecule has 1 amide bonds. The third-order valence-corrected chi connectivity index (χ3v) is 5.40. The maximum Gasteiger partial charge on any atom is 0.238 e. The summed E-state index contributed by atoms with van der Waals surface area (Å²) in [6.45, 7) is 0.683. The van der Waals surface area contributed by atoms with Crippen molar-refractivity contribution in [1.82, 2.24) is 29.4 Å². The van der Waals surface area contributed by atoms with Gasteiger partial charge in [-0.15, -0.1) is 0 Å². The normalized spacial score (nSPS) is 18.8. The molecule has 0 bridgehead atoms. The number of rotatable bonds is 5. The standard InChI is InChI=1S/C15H20N6O3S/c1-25(23,24)21-7-3-2-4-13(21)15(22)18-9-12-5-6-14(17-8-12)20-11-16-10-19-20/h5-6,8,10-11,13H,2-4,7,9H2,1H3,(H,18,22)/t13-/m1/s1. The van der Waals surface area contributed by atoms with Gasteiger partial charge in [-0.2, -0.15) is 9.40 Å². The van der Waals surface area contributed by atoms with Crippen LogP contribution in [0, 0.1) is 0 Å². The van der Waals surface area contributed by atoms with E-state index in [-0.39, 0.29) is 12.5 Å². The number of piperidine rings is 1. The van der Waals surface area contributed by atoms with Crippen LogP contribution in [0.2, 0.25) is 0 Å². The Bertz CT molecular complexity index is 819. The van der Waals surface area contributed by atoms with Crippen LogP contribution in [-0.4, -0.2) is 57.2 Å². The van der Waals surface area contributed by atoms with Gasteiger partial charge in [0.15, 0.2) is 5.82 Å². The molecule has 10 heteroatoms. The first kappa shape index (κ1) is 17.5. The minimum absolute atomic E-state index is 0.273. The van der Waals surface area contributed by atoms with Gasteiger partial charge in [0.05, 0.1) is 6.26 Å². The van der Waals surface area contributed by atoms with Crippen molar-refractivity contribution in [3.63, 3.8) is 0 Å². The molecule has 134 valence electrons. The molecule has 0 spiro atoms. The van der Waals surface area contributed by atoms with Crippen LogP contribution in [0.15, 0.2) is 31.0 Å². The summed E-state index contributed by atoms with van der Waals surface area (Å²) in [6.07, 6.45) is 7.93. The topological polar surface area (TPSA) is 110 Å². The molecule has 3 rings (SSSR count). The number of aromatic nitrogens is 4. The number of pyridine rings is 1. The van der Waals surface area contributed by atoms with E-state index in [1.165, 1.54) is 15.3 Å². The van der Waals surface area contributed by atoms with E-state index in [2.05, 4.69) is 20.4 Å². The van der Waals surface area contributed by atoms with Crippen molar-refractivity contribution < 1.29 is 13.2 Å². The number of hydrogen-bond acceptors (Lipinski definition) is 6. The average Bonchev–Trinajstić information content (AvgIpc) is 3.14. The number of carbonyl (C=O) groups is 1. The molecule has 3 heterocycles. The molecular weight excluding hydrogens is 344 g/mol. The first-order valence-electron chi connectivity index (χ1n) is 7.99. The number of nitrogens with zero attached hydrogens (tertiary/aromatic N) is 5. The maximum atomic E-state index is 12.4. The molecule has 0 aromatic carbocycles. The number of sulfonamides is 1. The van der Waals surface area contributed by atoms with Crippen LogP contribution in [-0.2, 0) is 21.4 Å². The van der Waals surface area contributed by atoms with Gasteiger partial charge in [0.2, 0.25) is 15.9 Å². The summed E-state index contributed by atoms with van der Waals surface area (Å²) in [7, 11) is -3.39. The summed E-state index contributed by atoms with van der Waals surface area (Å²) in [5.41, 5.74) is 0.818. The highest BCUT2D eigenvalue weighted by molar-refractivity contribution is 7.88. The first-order valence-corrected chi connectivity index (χ1v) is 9.84. The van der Waals surface area contributed by atoms with Gasteiger partial charge in [-0.3, -0.25) is 4.79 Å². The summed E-state index contributed by atoms with van der Waals surface area (Å²) in [6, 6.07) is 2.98. The summed E-state index contributed by atoms with van der Waals surface area (Å²) >= 11 is 0. The molecule has 25 heavy (non-hydrogen) atoms. The lowest BCUT2D eigenvalue weighted by Crippen LogP contribution is -2.51. The Labute approximate surface area is 146 Å². The maximum absolute atomic E-state index is 12.4. The summed E-state index contributed by atoms with van der Waals surface area (Å²) in [5.74, 6) is 0.355. The van der Waals surface area contributed by atoms with Crippen molar-refractivity contribution in [2.24, 2.45) is 0 Å². The van der Waals surface area contributed by atoms with E-state index in [1.807, 2.05) is 6.07 Å². The van der Waals surface area contributed by atoms with Crippen LogP contribution in [0.1, 0.15) is 24.8 Å². The average molecular weight is 364 g/mol. The molecule has 1 saturated heterocycles. The van der Waals surface area contributed by atoms with Gasteiger partial charge in [0, 0.05) is 19.3 Å². The molecule has 9 nitrogen and oxygen atoms in total. The molecule has 1 atom stereocenters. The summed E-state index contributed by atoms with van der Waals surface area (Å²) < 4.78 is 26.5. The van der Waals surface area contributed by atoms with Gasteiger partial charge in [0.1, 0.15) is 18.7 Å². The van der Waals surface area contributed by atoms with E-state index < -0.39 is 16.1 Å². The Morgan fingerprint density at radius 1 is 1.36 bits per heavy atom. The monoisotopic (exact) mass is 364 g/mol. The van der Waals surface area contributed by atoms with Crippen LogP contribution in [0.25, 0.3) is 5.82 Å². The Balaban J connectivity index is 1.61. The molecule has 1 aliphatic rings. The molecule has 0 unspecified atom stereocenters. The zero-order valence-corrected chi connectivity index (χ0v) is 14.7. The molecule has 1 aliphatic heterocycles. The van der Waals surface area contributed by atoms with Gasteiger partial charge in [-0.25, -0.2) is 23.1 Å². The zero-order chi connectivity index (χ0) is 17.9. The highest BCUT2D eigenvalue weighted by Crippen LogP contribution is 2.20. The van der Waals surface area contributed by atoms with Crippen molar-refractivity contribution in [3.05, 3.63) is 36.5 Å². The van der Waals surface area contributed by atoms with Crippen LogP contribution in [0.4, 0.5) is 0 Å². The molecule has 0 aliphatic carbocycles. The molecule has 0 saturated carbocycles. The van der Waals surface area contributed by atoms with Gasteiger partial charge in [-0.05, 0) is 24.5 Å². The predicted octanol–water partition coefficient (Wildman–Crippen LogP) is 0.0926. The van der Waals surface area contributed by atoms with Crippen molar-refractivity contribution in [2.45, 2.75) is 31.8 Å². The molecule has 1 fully saturated rings. The minimum Gasteiger partial charge on any atom is -0.351 e. The first-order chi connectivity index (χ1) is 11.9. The third-order valence-electron chi connectivity index (χ3n) is 4.11. The molecule has 2 aromatic heterocycles. The number of carbonyl (C=O) groups excluding carboxylic acids is 1. The van der Waals surface area contributed by atoms with Crippen molar-refractivity contribution in [1.29, 1.82) is 0 Å². The van der Waals surface area contributed by atoms with Crippen LogP contribution >= 0.6 is 0 Å². The van der Waals surface area contributed by atoms with E-state index >= 15 is 0 Å². The van der Waals surface area contributed by atoms with Crippen molar-refractivity contribution in [3.8, 4) is 5.82 Å². The smallest absolute Gasteiger partial charge is 0.238 e. The summed E-state index contributed by atoms with van der Waals surface area (Å²) in [5, 5.41) is 6.80. The fourth-order valence-electron chi connectivity index (χ4n) is 2.85. The Kier molecular flexibility index (Phi) is 5.09. The Morgan fingerprint density at radius 3 is 2.84 bits per heavy atom. The highest BCUT2D eigenvalue weighted by Gasteiger charge is 2.34. The van der Waals surface area contributed by atoms with Crippen LogP contribution in [0.5, 0.6) is 0 Å². The summed E-state index contributed by atoms with van der Waals surface area (Å²) in [4.78, 5) is 20.6. The van der Waals surface area contributed by atoms with Crippen molar-refractivity contribution in [2.75, 3.05) is 12.8 Å². The van der Waals surface area contributed by atoms with Crippen molar-refractivity contribution >= 4 is 15.9 Å². The lowest BCUT2D eigenvalue weighted by molar-refractivity contribution is -0.125. The SMILES string of the molecule is CS(=O)(=O)N1CCCC[C@@H]1C(=O)NCc1ccc(-n2cncn2)nc1. The van der Waals surface area contributed by atoms with Gasteiger partial charge in [0.25, 0.3) is 0 Å². The van der Waals surface area contributed by atoms with Crippen LogP contribution < -0.4 is 5.32 Å². The zero-order valence-electron chi connectivity index (χ0n) is 13.9. The minimum atomic E-state index is -3.39. The van der Waals surface area contributed by atoms with Gasteiger partial charge >= 0.3 is 0 Å². The molecule has 0 radical (unpaired) electrons. The second kappa shape index (κ2) is 7.28. The molecule has 1 N–H and O–H groups in total. The third kappa shape index (κ3) is 4.20. The fraction of sp³-hybridized carbons (Fsp3) is 0.467. The number of nitrogens with one attached hydrogen (secondary N) is 1. The largest absolute Gasteiger partial charge is 0.351 e. The molecular formula is C15H20N6O3S. The molecule has 2 aromatic rings. The Morgan fingerprint density at radius 2 is 2.20 bits per heavy atom. The lowest BCUT2D eigenvalue weighted by Gasteiger charge is -2.32.